The van der Waals surface area contributed by atoms with E-state index in [1.165, 1.54) is 0 Å². The number of benzene rings is 2. The molecular weight excluding hydrogens is 360 g/mol. The second-order valence-corrected chi connectivity index (χ2v) is 7.44. The molecule has 1 fully saturated rings. The number of aryl methyl sites for hydroxylation is 1. The molecule has 0 amide bonds. The van der Waals surface area contributed by atoms with Gasteiger partial charge in [-0.1, -0.05) is 24.3 Å². The Balaban J connectivity index is 1.82. The Hall–Kier alpha value is -2.12. The quantitative estimate of drug-likeness (QED) is 0.598. The van der Waals surface area contributed by atoms with Crippen LogP contribution in [0, 0.1) is 12.8 Å². The topological polar surface area (TPSA) is 99.4 Å². The number of ether oxygens (including phenoxy) is 2. The van der Waals surface area contributed by atoms with Crippen molar-refractivity contribution in [2.24, 2.45) is 5.92 Å². The van der Waals surface area contributed by atoms with Crippen LogP contribution in [0.4, 0.5) is 0 Å². The predicted octanol–water partition coefficient (Wildman–Crippen LogP) is 1.44. The minimum absolute atomic E-state index is 0.256. The molecule has 5 atom stereocenters. The number of hydrogen-bond donors (Lipinski definition) is 4. The Kier molecular flexibility index (Phi) is 6.57. The Bertz CT molecular complexity index is 773. The van der Waals surface area contributed by atoms with Gasteiger partial charge in [-0.15, -0.1) is 0 Å². The maximum atomic E-state index is 10.4. The molecule has 0 spiro atoms. The normalized spacial score (nSPS) is 27.4. The van der Waals surface area contributed by atoms with Crippen molar-refractivity contribution >= 4 is 0 Å². The van der Waals surface area contributed by atoms with Crippen LogP contribution in [0.3, 0.4) is 0 Å². The van der Waals surface area contributed by atoms with Gasteiger partial charge in [0.15, 0.2) is 0 Å². The summed E-state index contributed by atoms with van der Waals surface area (Å²) >= 11 is 0. The third-order valence-corrected chi connectivity index (χ3v) is 5.39. The molecule has 6 heteroatoms. The van der Waals surface area contributed by atoms with Gasteiger partial charge in [0.2, 0.25) is 0 Å². The van der Waals surface area contributed by atoms with Crippen molar-refractivity contribution in [3.05, 3.63) is 59.2 Å². The van der Waals surface area contributed by atoms with Crippen LogP contribution >= 0.6 is 0 Å². The highest BCUT2D eigenvalue weighted by Crippen LogP contribution is 2.32. The van der Waals surface area contributed by atoms with Crippen LogP contribution in [0.2, 0.25) is 0 Å². The second-order valence-electron chi connectivity index (χ2n) is 7.44. The molecule has 3 rings (SSSR count). The lowest BCUT2D eigenvalue weighted by molar-refractivity contribution is -0.157. The van der Waals surface area contributed by atoms with Crippen LogP contribution in [-0.4, -0.2) is 58.6 Å². The first-order valence-corrected chi connectivity index (χ1v) is 9.47. The predicted molar refractivity (Wildman–Crippen MR) is 105 cm³/mol. The molecule has 0 aliphatic heterocycles. The molecule has 2 aromatic carbocycles. The van der Waals surface area contributed by atoms with E-state index in [1.807, 2.05) is 49.4 Å². The monoisotopic (exact) mass is 388 g/mol. The van der Waals surface area contributed by atoms with Crippen LogP contribution in [0.1, 0.15) is 23.1 Å². The van der Waals surface area contributed by atoms with Gasteiger partial charge in [0.05, 0.1) is 13.2 Å². The Labute approximate surface area is 165 Å². The first-order chi connectivity index (χ1) is 13.4. The average Bonchev–Trinajstić information content (AvgIpc) is 2.71. The fraction of sp³-hybridized carbons (Fsp3) is 0.455. The van der Waals surface area contributed by atoms with Gasteiger partial charge < -0.3 is 29.9 Å². The van der Waals surface area contributed by atoms with Crippen molar-refractivity contribution in [1.82, 2.24) is 0 Å². The summed E-state index contributed by atoms with van der Waals surface area (Å²) < 4.78 is 11.3. The average molecular weight is 388 g/mol. The third-order valence-electron chi connectivity index (χ3n) is 5.39. The lowest BCUT2D eigenvalue weighted by Gasteiger charge is -2.40. The molecule has 28 heavy (non-hydrogen) atoms. The lowest BCUT2D eigenvalue weighted by atomic mass is 9.81. The fourth-order valence-electron chi connectivity index (χ4n) is 3.62. The van der Waals surface area contributed by atoms with E-state index < -0.39 is 30.3 Å². The van der Waals surface area contributed by atoms with Gasteiger partial charge in [-0.3, -0.25) is 0 Å². The standard InChI is InChI=1S/C22H28O6/c1-13-3-6-15(10-14-4-7-17(27-2)8-5-14)18(9-13)28-19-11-16(12-23)20(24)22(26)21(19)25/h3-9,16,19-26H,10-12H2,1-2H3/t16-,19-,20-,21+,22+/m1/s1. The molecule has 1 aliphatic carbocycles. The van der Waals surface area contributed by atoms with Gasteiger partial charge in [0.1, 0.15) is 29.8 Å². The van der Waals surface area contributed by atoms with Crippen molar-refractivity contribution in [1.29, 1.82) is 0 Å². The van der Waals surface area contributed by atoms with E-state index in [4.69, 9.17) is 9.47 Å². The molecule has 0 radical (unpaired) electrons. The molecule has 152 valence electrons. The first-order valence-electron chi connectivity index (χ1n) is 9.47. The summed E-state index contributed by atoms with van der Waals surface area (Å²) in [6, 6.07) is 13.7. The van der Waals surface area contributed by atoms with Gasteiger partial charge in [-0.25, -0.2) is 0 Å². The summed E-state index contributed by atoms with van der Waals surface area (Å²) in [6.07, 6.45) is -3.58. The largest absolute Gasteiger partial charge is 0.497 e. The number of aliphatic hydroxyl groups is 4. The van der Waals surface area contributed by atoms with E-state index in [0.29, 0.717) is 12.2 Å². The van der Waals surface area contributed by atoms with Crippen molar-refractivity contribution in [2.45, 2.75) is 44.2 Å². The summed E-state index contributed by atoms with van der Waals surface area (Å²) in [4.78, 5) is 0. The molecule has 1 saturated carbocycles. The minimum Gasteiger partial charge on any atom is -0.497 e. The number of hydrogen-bond acceptors (Lipinski definition) is 6. The zero-order valence-corrected chi connectivity index (χ0v) is 16.2. The van der Waals surface area contributed by atoms with Gasteiger partial charge in [-0.2, -0.15) is 0 Å². The van der Waals surface area contributed by atoms with E-state index in [1.54, 1.807) is 7.11 Å². The Morgan fingerprint density at radius 3 is 2.32 bits per heavy atom. The van der Waals surface area contributed by atoms with Crippen LogP contribution in [0.15, 0.2) is 42.5 Å². The third kappa shape index (κ3) is 4.47. The van der Waals surface area contributed by atoms with E-state index >= 15 is 0 Å². The SMILES string of the molecule is COc1ccc(Cc2ccc(C)cc2O[C@@H]2C[C@H](CO)[C@@H](O)[C@H](O)[C@H]2O)cc1. The van der Waals surface area contributed by atoms with Crippen molar-refractivity contribution in [2.75, 3.05) is 13.7 Å². The second kappa shape index (κ2) is 8.92. The lowest BCUT2D eigenvalue weighted by Crippen LogP contribution is -2.56. The molecule has 0 unspecified atom stereocenters. The van der Waals surface area contributed by atoms with Crippen molar-refractivity contribution in [3.63, 3.8) is 0 Å². The number of methoxy groups -OCH3 is 1. The minimum atomic E-state index is -1.36. The molecular formula is C22H28O6. The highest BCUT2D eigenvalue weighted by Gasteiger charge is 2.43. The van der Waals surface area contributed by atoms with Crippen molar-refractivity contribution in [3.8, 4) is 11.5 Å². The van der Waals surface area contributed by atoms with Gasteiger partial charge >= 0.3 is 0 Å². The molecule has 6 nitrogen and oxygen atoms in total. The molecule has 4 N–H and O–H groups in total. The fourth-order valence-corrected chi connectivity index (χ4v) is 3.62. The summed E-state index contributed by atoms with van der Waals surface area (Å²) in [6.45, 7) is 1.67. The smallest absolute Gasteiger partial charge is 0.128 e. The highest BCUT2D eigenvalue weighted by atomic mass is 16.5. The first kappa shape index (κ1) is 20.6. The van der Waals surface area contributed by atoms with E-state index in [2.05, 4.69) is 0 Å². The van der Waals surface area contributed by atoms with E-state index in [-0.39, 0.29) is 13.0 Å². The summed E-state index contributed by atoms with van der Waals surface area (Å²) in [5.41, 5.74) is 3.05. The highest BCUT2D eigenvalue weighted by molar-refractivity contribution is 5.41. The van der Waals surface area contributed by atoms with Crippen molar-refractivity contribution < 1.29 is 29.9 Å². The zero-order chi connectivity index (χ0) is 20.3. The van der Waals surface area contributed by atoms with Crippen LogP contribution < -0.4 is 9.47 Å². The molecule has 0 heterocycles. The summed E-state index contributed by atoms with van der Waals surface area (Å²) in [7, 11) is 1.63. The van der Waals surface area contributed by atoms with E-state index in [9.17, 15) is 20.4 Å². The molecule has 0 bridgehead atoms. The van der Waals surface area contributed by atoms with Crippen LogP contribution in [-0.2, 0) is 6.42 Å². The number of aliphatic hydroxyl groups excluding tert-OH is 4. The summed E-state index contributed by atoms with van der Waals surface area (Å²) in [5, 5.41) is 39.9. The van der Waals surface area contributed by atoms with E-state index in [0.717, 1.165) is 22.4 Å². The van der Waals surface area contributed by atoms with Gasteiger partial charge in [0, 0.05) is 18.9 Å². The molecule has 2 aromatic rings. The molecule has 1 aliphatic rings. The van der Waals surface area contributed by atoms with Gasteiger partial charge in [0.25, 0.3) is 0 Å². The maximum Gasteiger partial charge on any atom is 0.128 e. The molecule has 0 aromatic heterocycles. The zero-order valence-electron chi connectivity index (χ0n) is 16.2. The van der Waals surface area contributed by atoms with Crippen LogP contribution in [0.5, 0.6) is 11.5 Å². The number of rotatable bonds is 6. The maximum absolute atomic E-state index is 10.4. The summed E-state index contributed by atoms with van der Waals surface area (Å²) in [5.74, 6) is 0.871. The Morgan fingerprint density at radius 2 is 1.68 bits per heavy atom. The van der Waals surface area contributed by atoms with Gasteiger partial charge in [-0.05, 0) is 48.2 Å². The Morgan fingerprint density at radius 1 is 0.964 bits per heavy atom. The molecule has 0 saturated heterocycles. The van der Waals surface area contributed by atoms with Crippen LogP contribution in [0.25, 0.3) is 0 Å².